The van der Waals surface area contributed by atoms with Crippen LogP contribution in [-0.4, -0.2) is 29.2 Å². The molecular formula is C14H23N5O. The molecule has 0 aromatic carbocycles. The highest BCUT2D eigenvalue weighted by Crippen LogP contribution is 2.29. The van der Waals surface area contributed by atoms with E-state index in [0.29, 0.717) is 36.3 Å². The number of nitriles is 1. The molecular weight excluding hydrogens is 254 g/mol. The molecule has 1 aromatic rings. The molecule has 0 saturated carbocycles. The van der Waals surface area contributed by atoms with Gasteiger partial charge in [-0.3, -0.25) is 0 Å². The van der Waals surface area contributed by atoms with Gasteiger partial charge in [-0.05, 0) is 19.8 Å². The summed E-state index contributed by atoms with van der Waals surface area (Å²) >= 11 is 0. The summed E-state index contributed by atoms with van der Waals surface area (Å²) in [5.74, 6) is 1.48. The molecule has 6 nitrogen and oxygen atoms in total. The van der Waals surface area contributed by atoms with Crippen LogP contribution in [-0.2, 0) is 0 Å². The van der Waals surface area contributed by atoms with Crippen LogP contribution in [0.25, 0.3) is 0 Å². The topological polar surface area (TPSA) is 88.1 Å². The molecule has 0 aliphatic rings. The number of rotatable bonds is 7. The zero-order valence-corrected chi connectivity index (χ0v) is 12.6. The minimum absolute atomic E-state index is 0.00212. The van der Waals surface area contributed by atoms with Crippen LogP contribution in [0.2, 0.25) is 0 Å². The Bertz CT molecular complexity index is 467. The van der Waals surface area contributed by atoms with E-state index in [4.69, 9.17) is 15.7 Å². The van der Waals surface area contributed by atoms with E-state index in [0.717, 1.165) is 6.54 Å². The molecule has 0 aliphatic carbocycles. The van der Waals surface area contributed by atoms with Crippen LogP contribution in [0.3, 0.4) is 0 Å². The number of ether oxygens (including phenoxy) is 1. The van der Waals surface area contributed by atoms with Crippen LogP contribution >= 0.6 is 0 Å². The predicted molar refractivity (Wildman–Crippen MR) is 79.5 cm³/mol. The van der Waals surface area contributed by atoms with Gasteiger partial charge in [-0.25, -0.2) is 4.98 Å². The minimum atomic E-state index is -0.00212. The average molecular weight is 277 g/mol. The lowest BCUT2D eigenvalue weighted by atomic mass is 10.2. The van der Waals surface area contributed by atoms with E-state index in [1.165, 1.54) is 6.33 Å². The van der Waals surface area contributed by atoms with Crippen LogP contribution < -0.4 is 15.4 Å². The molecule has 0 spiro atoms. The number of hydrogen-bond donors (Lipinski definition) is 1. The van der Waals surface area contributed by atoms with Gasteiger partial charge >= 0.3 is 0 Å². The van der Waals surface area contributed by atoms with Crippen LogP contribution in [0.1, 0.15) is 34.1 Å². The van der Waals surface area contributed by atoms with Gasteiger partial charge < -0.3 is 15.4 Å². The molecule has 2 N–H and O–H groups in total. The third kappa shape index (κ3) is 4.57. The molecule has 1 rings (SSSR count). The highest BCUT2D eigenvalue weighted by molar-refractivity contribution is 5.67. The Kier molecular flexibility index (Phi) is 6.04. The lowest BCUT2D eigenvalue weighted by Gasteiger charge is -2.26. The summed E-state index contributed by atoms with van der Waals surface area (Å²) < 4.78 is 5.58. The lowest BCUT2D eigenvalue weighted by molar-refractivity contribution is 0.234. The molecule has 20 heavy (non-hydrogen) atoms. The molecule has 0 amide bonds. The quantitative estimate of drug-likeness (QED) is 0.822. The van der Waals surface area contributed by atoms with Crippen molar-refractivity contribution in [2.24, 2.45) is 5.92 Å². The Morgan fingerprint density at radius 1 is 1.35 bits per heavy atom. The zero-order valence-electron chi connectivity index (χ0n) is 12.6. The van der Waals surface area contributed by atoms with Crippen molar-refractivity contribution in [2.75, 3.05) is 23.7 Å². The number of nitrogens with zero attached hydrogens (tertiary/aromatic N) is 4. The van der Waals surface area contributed by atoms with Crippen molar-refractivity contribution in [3.05, 3.63) is 6.33 Å². The van der Waals surface area contributed by atoms with Gasteiger partial charge in [0.25, 0.3) is 0 Å². The van der Waals surface area contributed by atoms with Gasteiger partial charge in [-0.2, -0.15) is 10.2 Å². The fourth-order valence-corrected chi connectivity index (χ4v) is 1.85. The fourth-order valence-electron chi connectivity index (χ4n) is 1.85. The van der Waals surface area contributed by atoms with Crippen molar-refractivity contribution in [1.29, 1.82) is 5.26 Å². The van der Waals surface area contributed by atoms with E-state index in [1.54, 1.807) is 0 Å². The first-order valence-corrected chi connectivity index (χ1v) is 6.84. The third-order valence-electron chi connectivity index (χ3n) is 2.55. The Morgan fingerprint density at radius 3 is 2.60 bits per heavy atom. The summed E-state index contributed by atoms with van der Waals surface area (Å²) in [6, 6.07) is 2.15. The van der Waals surface area contributed by atoms with Crippen molar-refractivity contribution in [3.8, 4) is 11.9 Å². The van der Waals surface area contributed by atoms with Crippen molar-refractivity contribution in [2.45, 2.75) is 40.2 Å². The molecule has 0 radical (unpaired) electrons. The van der Waals surface area contributed by atoms with Crippen LogP contribution in [0.5, 0.6) is 5.88 Å². The van der Waals surface area contributed by atoms with Gasteiger partial charge in [0, 0.05) is 13.1 Å². The van der Waals surface area contributed by atoms with E-state index in [2.05, 4.69) is 29.9 Å². The van der Waals surface area contributed by atoms with Crippen LogP contribution in [0, 0.1) is 17.2 Å². The summed E-state index contributed by atoms with van der Waals surface area (Å²) in [5.41, 5.74) is 6.54. The fraction of sp³-hybridized carbons (Fsp3) is 0.643. The van der Waals surface area contributed by atoms with Gasteiger partial charge in [0.15, 0.2) is 5.82 Å². The minimum Gasteiger partial charge on any atom is -0.473 e. The highest BCUT2D eigenvalue weighted by atomic mass is 16.5. The van der Waals surface area contributed by atoms with E-state index < -0.39 is 0 Å². The first kappa shape index (κ1) is 16.0. The summed E-state index contributed by atoms with van der Waals surface area (Å²) in [5, 5.41) is 8.77. The lowest BCUT2D eigenvalue weighted by Crippen LogP contribution is -2.30. The molecule has 1 aromatic heterocycles. The largest absolute Gasteiger partial charge is 0.473 e. The standard InChI is InChI=1S/C14H23N5O/c1-10(2)8-19(7-5-6-15)13-12(16)14(18-9-17-13)20-11(3)4/h9-11H,5,7-8,16H2,1-4H3. The summed E-state index contributed by atoms with van der Waals surface area (Å²) in [6.45, 7) is 9.44. The maximum Gasteiger partial charge on any atom is 0.242 e. The molecule has 0 unspecified atom stereocenters. The molecule has 0 bridgehead atoms. The second-order valence-electron chi connectivity index (χ2n) is 5.33. The van der Waals surface area contributed by atoms with E-state index in [1.807, 2.05) is 18.7 Å². The maximum absolute atomic E-state index is 8.77. The molecule has 6 heteroatoms. The van der Waals surface area contributed by atoms with Crippen molar-refractivity contribution >= 4 is 11.5 Å². The summed E-state index contributed by atoms with van der Waals surface area (Å²) in [6.07, 6.45) is 1.87. The van der Waals surface area contributed by atoms with Gasteiger partial charge in [-0.15, -0.1) is 0 Å². The molecule has 1 heterocycles. The second-order valence-corrected chi connectivity index (χ2v) is 5.33. The van der Waals surface area contributed by atoms with Gasteiger partial charge in [0.1, 0.15) is 12.0 Å². The normalized spacial score (nSPS) is 10.7. The predicted octanol–water partition coefficient (Wildman–Crippen LogP) is 2.22. The SMILES string of the molecule is CC(C)CN(CCC#N)c1ncnc(OC(C)C)c1N. The highest BCUT2D eigenvalue weighted by Gasteiger charge is 2.17. The molecule has 0 aliphatic heterocycles. The third-order valence-corrected chi connectivity index (χ3v) is 2.55. The van der Waals surface area contributed by atoms with Crippen molar-refractivity contribution in [3.63, 3.8) is 0 Å². The average Bonchev–Trinajstić information content (AvgIpc) is 2.36. The summed E-state index contributed by atoms with van der Waals surface area (Å²) in [7, 11) is 0. The monoisotopic (exact) mass is 277 g/mol. The number of aromatic nitrogens is 2. The molecule has 0 atom stereocenters. The Balaban J connectivity index is 3.03. The van der Waals surface area contributed by atoms with Crippen LogP contribution in [0.4, 0.5) is 11.5 Å². The van der Waals surface area contributed by atoms with Gasteiger partial charge in [0.2, 0.25) is 5.88 Å². The van der Waals surface area contributed by atoms with E-state index in [-0.39, 0.29) is 6.10 Å². The molecule has 110 valence electrons. The summed E-state index contributed by atoms with van der Waals surface area (Å²) in [4.78, 5) is 10.3. The number of nitrogens with two attached hydrogens (primary N) is 1. The zero-order chi connectivity index (χ0) is 15.1. The Labute approximate surface area is 120 Å². The van der Waals surface area contributed by atoms with Crippen molar-refractivity contribution in [1.82, 2.24) is 9.97 Å². The first-order chi connectivity index (χ1) is 9.45. The number of anilines is 2. The van der Waals surface area contributed by atoms with E-state index >= 15 is 0 Å². The van der Waals surface area contributed by atoms with Crippen molar-refractivity contribution < 1.29 is 4.74 Å². The maximum atomic E-state index is 8.77. The van der Waals surface area contributed by atoms with Gasteiger partial charge in [-0.1, -0.05) is 13.8 Å². The smallest absolute Gasteiger partial charge is 0.242 e. The van der Waals surface area contributed by atoms with Crippen LogP contribution in [0.15, 0.2) is 6.33 Å². The van der Waals surface area contributed by atoms with E-state index in [9.17, 15) is 0 Å². The number of hydrogen-bond acceptors (Lipinski definition) is 6. The number of nitrogen functional groups attached to an aromatic ring is 1. The Hall–Kier alpha value is -2.03. The second kappa shape index (κ2) is 7.53. The molecule has 0 saturated heterocycles. The van der Waals surface area contributed by atoms with Gasteiger partial charge in [0.05, 0.1) is 18.6 Å². The first-order valence-electron chi connectivity index (χ1n) is 6.84. The molecule has 0 fully saturated rings. The Morgan fingerprint density at radius 2 is 2.05 bits per heavy atom.